The van der Waals surface area contributed by atoms with Crippen LogP contribution in [0.15, 0.2) is 24.3 Å². The Bertz CT molecular complexity index is 702. The molecular weight excluding hydrogens is 292 g/mol. The fourth-order valence-electron chi connectivity index (χ4n) is 2.15. The Morgan fingerprint density at radius 1 is 1.29 bits per heavy atom. The lowest BCUT2D eigenvalue weighted by molar-refractivity contribution is 0.587. The summed E-state index contributed by atoms with van der Waals surface area (Å²) in [6.45, 7) is 3.77. The van der Waals surface area contributed by atoms with Gasteiger partial charge in [-0.05, 0) is 38.1 Å². The van der Waals surface area contributed by atoms with Crippen molar-refractivity contribution in [2.75, 3.05) is 5.32 Å². The maximum atomic E-state index is 13.6. The van der Waals surface area contributed by atoms with Gasteiger partial charge >= 0.3 is 0 Å². The van der Waals surface area contributed by atoms with Gasteiger partial charge in [0.15, 0.2) is 0 Å². The van der Waals surface area contributed by atoms with Gasteiger partial charge in [-0.1, -0.05) is 12.2 Å². The summed E-state index contributed by atoms with van der Waals surface area (Å²) in [6.07, 6.45) is 0. The number of nitrogens with zero attached hydrogens (tertiary/aromatic N) is 1. The van der Waals surface area contributed by atoms with Gasteiger partial charge in [-0.3, -0.25) is 4.98 Å². The van der Waals surface area contributed by atoms with Crippen molar-refractivity contribution < 1.29 is 8.78 Å². The number of hydrogen-bond acceptors (Lipinski definition) is 3. The predicted molar refractivity (Wildman–Crippen MR) is 83.3 cm³/mol. The van der Waals surface area contributed by atoms with Gasteiger partial charge in [0.2, 0.25) is 0 Å². The summed E-state index contributed by atoms with van der Waals surface area (Å²) < 4.78 is 26.8. The van der Waals surface area contributed by atoms with Crippen molar-refractivity contribution in [3.8, 4) is 0 Å². The molecule has 0 saturated heterocycles. The van der Waals surface area contributed by atoms with E-state index in [4.69, 9.17) is 18.0 Å². The Balaban J connectivity index is 2.31. The zero-order chi connectivity index (χ0) is 15.6. The normalized spacial score (nSPS) is 10.5. The highest BCUT2D eigenvalue weighted by Crippen LogP contribution is 2.21. The molecule has 3 nitrogen and oxygen atoms in total. The van der Waals surface area contributed by atoms with Crippen LogP contribution in [0.2, 0.25) is 0 Å². The second-order valence-corrected chi connectivity index (χ2v) is 5.16. The van der Waals surface area contributed by atoms with Crippen LogP contribution in [0.3, 0.4) is 0 Å². The van der Waals surface area contributed by atoms with Crippen LogP contribution in [0.1, 0.15) is 22.5 Å². The van der Waals surface area contributed by atoms with Crippen LogP contribution in [0.4, 0.5) is 14.5 Å². The van der Waals surface area contributed by atoms with Crippen LogP contribution >= 0.6 is 12.2 Å². The molecule has 0 fully saturated rings. The molecule has 0 saturated carbocycles. The molecule has 0 aliphatic rings. The van der Waals surface area contributed by atoms with E-state index in [1.165, 1.54) is 0 Å². The van der Waals surface area contributed by atoms with Crippen molar-refractivity contribution in [1.29, 1.82) is 0 Å². The molecule has 3 N–H and O–H groups in total. The molecule has 0 atom stereocenters. The second kappa shape index (κ2) is 6.13. The zero-order valence-electron chi connectivity index (χ0n) is 11.7. The van der Waals surface area contributed by atoms with Crippen molar-refractivity contribution in [3.05, 3.63) is 58.4 Å². The van der Waals surface area contributed by atoms with Crippen LogP contribution in [-0.2, 0) is 6.54 Å². The lowest BCUT2D eigenvalue weighted by atomic mass is 10.1. The third kappa shape index (κ3) is 3.52. The number of hydrogen-bond donors (Lipinski definition) is 2. The van der Waals surface area contributed by atoms with Crippen LogP contribution in [0.5, 0.6) is 0 Å². The molecule has 21 heavy (non-hydrogen) atoms. The predicted octanol–water partition coefficient (Wildman–Crippen LogP) is 3.22. The Morgan fingerprint density at radius 2 is 2.00 bits per heavy atom. The number of anilines is 1. The number of halogens is 2. The van der Waals surface area contributed by atoms with Crippen LogP contribution < -0.4 is 11.1 Å². The monoisotopic (exact) mass is 307 g/mol. The summed E-state index contributed by atoms with van der Waals surface area (Å²) in [7, 11) is 0. The van der Waals surface area contributed by atoms with E-state index in [0.717, 1.165) is 23.9 Å². The minimum atomic E-state index is -0.482. The molecule has 0 aliphatic carbocycles. The number of aryl methyl sites for hydroxylation is 2. The van der Waals surface area contributed by atoms with Gasteiger partial charge < -0.3 is 11.1 Å². The quantitative estimate of drug-likeness (QED) is 0.852. The van der Waals surface area contributed by atoms with Crippen molar-refractivity contribution >= 4 is 22.9 Å². The Labute approximate surface area is 127 Å². The van der Waals surface area contributed by atoms with Crippen LogP contribution in [-0.4, -0.2) is 9.97 Å². The second-order valence-electron chi connectivity index (χ2n) is 4.73. The molecule has 0 bridgehead atoms. The fourth-order valence-corrected chi connectivity index (χ4v) is 2.41. The highest BCUT2D eigenvalue weighted by atomic mass is 32.1. The Kier molecular flexibility index (Phi) is 4.47. The first-order valence-corrected chi connectivity index (χ1v) is 6.75. The van der Waals surface area contributed by atoms with Gasteiger partial charge in [0.1, 0.15) is 16.6 Å². The van der Waals surface area contributed by atoms with Crippen molar-refractivity contribution in [2.24, 2.45) is 5.73 Å². The molecular formula is C15H15F2N3S. The average molecular weight is 307 g/mol. The van der Waals surface area contributed by atoms with E-state index in [-0.39, 0.29) is 17.1 Å². The number of aromatic nitrogens is 1. The smallest absolute Gasteiger partial charge is 0.128 e. The van der Waals surface area contributed by atoms with E-state index >= 15 is 0 Å². The van der Waals surface area contributed by atoms with E-state index in [1.54, 1.807) is 13.0 Å². The summed E-state index contributed by atoms with van der Waals surface area (Å²) in [5, 5.41) is 3.05. The Morgan fingerprint density at radius 3 is 2.67 bits per heavy atom. The molecule has 0 spiro atoms. The van der Waals surface area contributed by atoms with E-state index in [9.17, 15) is 8.78 Å². The van der Waals surface area contributed by atoms with Gasteiger partial charge in [-0.15, -0.1) is 0 Å². The van der Waals surface area contributed by atoms with E-state index in [0.29, 0.717) is 16.9 Å². The molecule has 0 radical (unpaired) electrons. The average Bonchev–Trinajstić information content (AvgIpc) is 2.38. The highest BCUT2D eigenvalue weighted by molar-refractivity contribution is 7.80. The summed E-state index contributed by atoms with van der Waals surface area (Å²) >= 11 is 5.02. The molecule has 1 aromatic heterocycles. The highest BCUT2D eigenvalue weighted by Gasteiger charge is 2.12. The van der Waals surface area contributed by atoms with Gasteiger partial charge in [-0.2, -0.15) is 0 Å². The summed E-state index contributed by atoms with van der Waals surface area (Å²) in [4.78, 5) is 4.51. The van der Waals surface area contributed by atoms with Gasteiger partial charge in [-0.25, -0.2) is 8.78 Å². The Hall–Kier alpha value is -2.08. The molecule has 2 aromatic rings. The number of rotatable bonds is 4. The summed E-state index contributed by atoms with van der Waals surface area (Å²) in [5.74, 6) is -0.951. The zero-order valence-corrected chi connectivity index (χ0v) is 12.5. The molecule has 6 heteroatoms. The minimum absolute atomic E-state index is 0.127. The van der Waals surface area contributed by atoms with Crippen molar-refractivity contribution in [1.82, 2.24) is 4.98 Å². The van der Waals surface area contributed by atoms with E-state index < -0.39 is 11.6 Å². The SMILES string of the molecule is Cc1cc(NCc2cc(F)ccc2F)c(C(N)=S)c(C)n1. The van der Waals surface area contributed by atoms with Gasteiger partial charge in [0, 0.05) is 29.2 Å². The van der Waals surface area contributed by atoms with Crippen molar-refractivity contribution in [2.45, 2.75) is 20.4 Å². The number of benzene rings is 1. The number of pyridine rings is 1. The first-order chi connectivity index (χ1) is 9.88. The van der Waals surface area contributed by atoms with Gasteiger partial charge in [0.05, 0.1) is 5.56 Å². The first-order valence-electron chi connectivity index (χ1n) is 6.34. The summed E-state index contributed by atoms with van der Waals surface area (Å²) in [6, 6.07) is 5.12. The molecule has 0 aliphatic heterocycles. The molecule has 2 rings (SSSR count). The number of nitrogens with one attached hydrogen (secondary N) is 1. The number of thiocarbonyl (C=S) groups is 1. The topological polar surface area (TPSA) is 50.9 Å². The first kappa shape index (κ1) is 15.3. The fraction of sp³-hybridized carbons (Fsp3) is 0.200. The lowest BCUT2D eigenvalue weighted by Crippen LogP contribution is -2.16. The lowest BCUT2D eigenvalue weighted by Gasteiger charge is -2.14. The molecule has 1 heterocycles. The third-order valence-electron chi connectivity index (χ3n) is 3.05. The molecule has 0 unspecified atom stereocenters. The molecule has 1 aromatic carbocycles. The van der Waals surface area contributed by atoms with E-state index in [2.05, 4.69) is 10.3 Å². The molecule has 0 amide bonds. The number of nitrogens with two attached hydrogens (primary N) is 1. The van der Waals surface area contributed by atoms with E-state index in [1.807, 2.05) is 6.92 Å². The summed E-state index contributed by atoms with van der Waals surface area (Å²) in [5.41, 5.74) is 8.70. The van der Waals surface area contributed by atoms with Gasteiger partial charge in [0.25, 0.3) is 0 Å². The van der Waals surface area contributed by atoms with Crippen molar-refractivity contribution in [3.63, 3.8) is 0 Å². The third-order valence-corrected chi connectivity index (χ3v) is 3.26. The standard InChI is InChI=1S/C15H15F2N3S/c1-8-5-13(14(15(18)21)9(2)20-8)19-7-10-6-11(16)3-4-12(10)17/h3-6H,7H2,1-2H3,(H2,18,21)(H,19,20). The maximum Gasteiger partial charge on any atom is 0.128 e. The maximum absolute atomic E-state index is 13.6. The minimum Gasteiger partial charge on any atom is -0.389 e. The molecule has 110 valence electrons. The largest absolute Gasteiger partial charge is 0.389 e. The van der Waals surface area contributed by atoms with Crippen LogP contribution in [0, 0.1) is 25.5 Å². The van der Waals surface area contributed by atoms with Crippen LogP contribution in [0.25, 0.3) is 0 Å².